The van der Waals surface area contributed by atoms with Gasteiger partial charge in [-0.15, -0.1) is 0 Å². The Bertz CT molecular complexity index is 482. The third-order valence-corrected chi connectivity index (χ3v) is 3.39. The van der Waals surface area contributed by atoms with Crippen LogP contribution in [0.2, 0.25) is 0 Å². The number of amides is 2. The molecule has 90 valence electrons. The number of nitrogens with zero attached hydrogens (tertiary/aromatic N) is 1. The van der Waals surface area contributed by atoms with Crippen LogP contribution in [-0.2, 0) is 9.59 Å². The summed E-state index contributed by atoms with van der Waals surface area (Å²) in [7, 11) is 0. The molecule has 1 heterocycles. The SMILES string of the molecule is Cc1cccc(N2CC(C(N)=O)CC2=O)c1C. The van der Waals surface area contributed by atoms with Crippen LogP contribution < -0.4 is 10.6 Å². The molecule has 17 heavy (non-hydrogen) atoms. The second-order valence-electron chi connectivity index (χ2n) is 4.53. The van der Waals surface area contributed by atoms with Gasteiger partial charge in [0.1, 0.15) is 0 Å². The number of rotatable bonds is 2. The number of aryl methyl sites for hydroxylation is 1. The van der Waals surface area contributed by atoms with Gasteiger partial charge in [0.15, 0.2) is 0 Å². The molecule has 2 amide bonds. The van der Waals surface area contributed by atoms with Crippen molar-refractivity contribution >= 4 is 17.5 Å². The van der Waals surface area contributed by atoms with Crippen LogP contribution in [-0.4, -0.2) is 18.4 Å². The first-order chi connectivity index (χ1) is 8.00. The van der Waals surface area contributed by atoms with E-state index in [1.807, 2.05) is 32.0 Å². The molecule has 4 heteroatoms. The van der Waals surface area contributed by atoms with Crippen molar-refractivity contribution in [2.24, 2.45) is 11.7 Å². The van der Waals surface area contributed by atoms with Crippen molar-refractivity contribution in [3.05, 3.63) is 29.3 Å². The fourth-order valence-corrected chi connectivity index (χ4v) is 2.16. The Morgan fingerprint density at radius 1 is 1.41 bits per heavy atom. The number of carbonyl (C=O) groups is 2. The van der Waals surface area contributed by atoms with Crippen LogP contribution in [0, 0.1) is 19.8 Å². The number of nitrogens with two attached hydrogens (primary N) is 1. The number of hydrogen-bond donors (Lipinski definition) is 1. The molecule has 1 aromatic rings. The molecule has 0 saturated carbocycles. The molecule has 0 radical (unpaired) electrons. The Balaban J connectivity index is 2.32. The Morgan fingerprint density at radius 2 is 2.12 bits per heavy atom. The fourth-order valence-electron chi connectivity index (χ4n) is 2.16. The molecule has 2 rings (SSSR count). The van der Waals surface area contributed by atoms with Gasteiger partial charge in [-0.2, -0.15) is 0 Å². The largest absolute Gasteiger partial charge is 0.369 e. The molecule has 2 N–H and O–H groups in total. The minimum absolute atomic E-state index is 0.0255. The normalized spacial score (nSPS) is 19.8. The Kier molecular flexibility index (Phi) is 2.88. The van der Waals surface area contributed by atoms with Crippen LogP contribution in [0.1, 0.15) is 17.5 Å². The minimum Gasteiger partial charge on any atom is -0.369 e. The van der Waals surface area contributed by atoms with Crippen molar-refractivity contribution in [3.8, 4) is 0 Å². The van der Waals surface area contributed by atoms with Gasteiger partial charge in [0.2, 0.25) is 11.8 Å². The summed E-state index contributed by atoms with van der Waals surface area (Å²) < 4.78 is 0. The van der Waals surface area contributed by atoms with Crippen LogP contribution in [0.15, 0.2) is 18.2 Å². The standard InChI is InChI=1S/C13H16N2O2/c1-8-4-3-5-11(9(8)2)15-7-10(13(14)17)6-12(15)16/h3-5,10H,6-7H2,1-2H3,(H2,14,17). The maximum absolute atomic E-state index is 11.9. The predicted molar refractivity (Wildman–Crippen MR) is 65.6 cm³/mol. The molecule has 1 atom stereocenters. The quantitative estimate of drug-likeness (QED) is 0.831. The molecule has 0 aromatic heterocycles. The van der Waals surface area contributed by atoms with Gasteiger partial charge < -0.3 is 10.6 Å². The second-order valence-corrected chi connectivity index (χ2v) is 4.53. The number of benzene rings is 1. The number of carbonyl (C=O) groups excluding carboxylic acids is 2. The second kappa shape index (κ2) is 4.20. The highest BCUT2D eigenvalue weighted by Gasteiger charge is 2.34. The van der Waals surface area contributed by atoms with Gasteiger partial charge in [-0.1, -0.05) is 12.1 Å². The van der Waals surface area contributed by atoms with Crippen molar-refractivity contribution in [3.63, 3.8) is 0 Å². The van der Waals surface area contributed by atoms with E-state index in [1.54, 1.807) is 4.90 Å². The van der Waals surface area contributed by atoms with Gasteiger partial charge in [-0.25, -0.2) is 0 Å². The van der Waals surface area contributed by atoms with Crippen LogP contribution in [0.3, 0.4) is 0 Å². The Labute approximate surface area is 100 Å². The summed E-state index contributed by atoms with van der Waals surface area (Å²) in [5.41, 5.74) is 8.35. The molecule has 1 aromatic carbocycles. The van der Waals surface area contributed by atoms with Gasteiger partial charge in [0.25, 0.3) is 0 Å². The van der Waals surface area contributed by atoms with Gasteiger partial charge in [0, 0.05) is 18.7 Å². The first-order valence-electron chi connectivity index (χ1n) is 5.66. The lowest BCUT2D eigenvalue weighted by Gasteiger charge is -2.19. The Morgan fingerprint density at radius 3 is 2.71 bits per heavy atom. The highest BCUT2D eigenvalue weighted by atomic mass is 16.2. The Hall–Kier alpha value is -1.84. The van der Waals surface area contributed by atoms with E-state index in [0.717, 1.165) is 16.8 Å². The summed E-state index contributed by atoms with van der Waals surface area (Å²) in [6, 6.07) is 5.83. The number of anilines is 1. The lowest BCUT2D eigenvalue weighted by molar-refractivity contribution is -0.123. The van der Waals surface area contributed by atoms with Crippen LogP contribution in [0.25, 0.3) is 0 Å². The average Bonchev–Trinajstić information content (AvgIpc) is 2.65. The van der Waals surface area contributed by atoms with Crippen molar-refractivity contribution in [2.45, 2.75) is 20.3 Å². The van der Waals surface area contributed by atoms with E-state index in [4.69, 9.17) is 5.73 Å². The summed E-state index contributed by atoms with van der Waals surface area (Å²) in [4.78, 5) is 24.7. The van der Waals surface area contributed by atoms with Crippen molar-refractivity contribution in [1.82, 2.24) is 0 Å². The van der Waals surface area contributed by atoms with Gasteiger partial charge in [-0.05, 0) is 31.0 Å². The lowest BCUT2D eigenvalue weighted by Crippen LogP contribution is -2.28. The molecule has 1 aliphatic heterocycles. The van der Waals surface area contributed by atoms with Crippen molar-refractivity contribution in [2.75, 3.05) is 11.4 Å². The molecule has 0 bridgehead atoms. The molecule has 4 nitrogen and oxygen atoms in total. The summed E-state index contributed by atoms with van der Waals surface area (Å²) in [5, 5.41) is 0. The molecular weight excluding hydrogens is 216 g/mol. The molecule has 0 aliphatic carbocycles. The molecular formula is C13H16N2O2. The lowest BCUT2D eigenvalue weighted by atomic mass is 10.1. The van der Waals surface area contributed by atoms with Gasteiger partial charge in [-0.3, -0.25) is 9.59 Å². The smallest absolute Gasteiger partial charge is 0.227 e. The zero-order chi connectivity index (χ0) is 12.6. The summed E-state index contributed by atoms with van der Waals surface area (Å²) >= 11 is 0. The highest BCUT2D eigenvalue weighted by Crippen LogP contribution is 2.29. The third-order valence-electron chi connectivity index (χ3n) is 3.39. The molecule has 1 fully saturated rings. The van der Waals surface area contributed by atoms with Crippen molar-refractivity contribution in [1.29, 1.82) is 0 Å². The van der Waals surface area contributed by atoms with E-state index in [9.17, 15) is 9.59 Å². The zero-order valence-electron chi connectivity index (χ0n) is 10.1. The molecule has 1 saturated heterocycles. The van der Waals surface area contributed by atoms with E-state index in [-0.39, 0.29) is 18.2 Å². The van der Waals surface area contributed by atoms with Gasteiger partial charge >= 0.3 is 0 Å². The predicted octanol–water partition coefficient (Wildman–Crippen LogP) is 1.14. The summed E-state index contributed by atoms with van der Waals surface area (Å²) in [6.07, 6.45) is 0.225. The third kappa shape index (κ3) is 2.02. The first-order valence-corrected chi connectivity index (χ1v) is 5.66. The summed E-state index contributed by atoms with van der Waals surface area (Å²) in [6.45, 7) is 4.39. The first kappa shape index (κ1) is 11.6. The van der Waals surface area contributed by atoms with Crippen LogP contribution in [0.4, 0.5) is 5.69 Å². The number of primary amides is 1. The molecule has 1 aliphatic rings. The van der Waals surface area contributed by atoms with Gasteiger partial charge in [0.05, 0.1) is 5.92 Å². The van der Waals surface area contributed by atoms with Crippen LogP contribution >= 0.6 is 0 Å². The highest BCUT2D eigenvalue weighted by molar-refractivity contribution is 6.00. The molecule has 1 unspecified atom stereocenters. The van der Waals surface area contributed by atoms with E-state index in [1.165, 1.54) is 0 Å². The topological polar surface area (TPSA) is 63.4 Å². The monoisotopic (exact) mass is 232 g/mol. The minimum atomic E-state index is -0.397. The maximum atomic E-state index is 11.9. The average molecular weight is 232 g/mol. The fraction of sp³-hybridized carbons (Fsp3) is 0.385. The summed E-state index contributed by atoms with van der Waals surface area (Å²) in [5.74, 6) is -0.781. The number of hydrogen-bond acceptors (Lipinski definition) is 2. The maximum Gasteiger partial charge on any atom is 0.227 e. The molecule has 0 spiro atoms. The van der Waals surface area contributed by atoms with E-state index < -0.39 is 5.91 Å². The zero-order valence-corrected chi connectivity index (χ0v) is 10.1. The van der Waals surface area contributed by atoms with Crippen molar-refractivity contribution < 1.29 is 9.59 Å². The van der Waals surface area contributed by atoms with E-state index in [2.05, 4.69) is 0 Å². The van der Waals surface area contributed by atoms with Crippen LogP contribution in [0.5, 0.6) is 0 Å². The van der Waals surface area contributed by atoms with E-state index >= 15 is 0 Å². The van der Waals surface area contributed by atoms with E-state index in [0.29, 0.717) is 6.54 Å².